The molecule has 0 spiro atoms. The number of aliphatic imine (C=N–C) groups is 1. The highest BCUT2D eigenvalue weighted by Gasteiger charge is 2.42. The van der Waals surface area contributed by atoms with Gasteiger partial charge in [-0.25, -0.2) is 0 Å². The van der Waals surface area contributed by atoms with Gasteiger partial charge in [-0.1, -0.05) is 24.6 Å². The van der Waals surface area contributed by atoms with E-state index in [-0.39, 0.29) is 0 Å². The second-order valence-corrected chi connectivity index (χ2v) is 7.59. The molecule has 1 aromatic rings. The third-order valence-electron chi connectivity index (χ3n) is 5.41. The van der Waals surface area contributed by atoms with Crippen molar-refractivity contribution in [3.05, 3.63) is 28.4 Å². The number of aryl methyl sites for hydroxylation is 1. The molecule has 1 saturated carbocycles. The van der Waals surface area contributed by atoms with E-state index >= 15 is 0 Å². The average molecular weight is 331 g/mol. The third kappa shape index (κ3) is 2.45. The van der Waals surface area contributed by atoms with Crippen LogP contribution < -0.4 is 0 Å². The van der Waals surface area contributed by atoms with Gasteiger partial charge in [-0.05, 0) is 32.8 Å². The van der Waals surface area contributed by atoms with Crippen LogP contribution in [0, 0.1) is 13.8 Å². The number of fused-ring (bicyclic) bond motifs is 3. The quantitative estimate of drug-likeness (QED) is 0.841. The summed E-state index contributed by atoms with van der Waals surface area (Å²) in [5, 5.41) is 3.52. The zero-order chi connectivity index (χ0) is 16.0. The first-order valence-corrected chi connectivity index (χ1v) is 9.48. The van der Waals surface area contributed by atoms with Crippen LogP contribution in [-0.4, -0.2) is 40.4 Å². The fraction of sp³-hybridized carbons (Fsp3) is 0.611. The van der Waals surface area contributed by atoms with Crippen molar-refractivity contribution in [1.29, 1.82) is 0 Å². The molecule has 5 heteroatoms. The van der Waals surface area contributed by atoms with E-state index in [9.17, 15) is 0 Å². The van der Waals surface area contributed by atoms with Gasteiger partial charge in [0.1, 0.15) is 0 Å². The Bertz CT molecular complexity index is 676. The number of amidine groups is 1. The lowest BCUT2D eigenvalue weighted by Gasteiger charge is -2.32. The van der Waals surface area contributed by atoms with Crippen molar-refractivity contribution >= 4 is 22.6 Å². The molecule has 0 N–H and O–H groups in total. The number of ether oxygens (including phenoxy) is 1. The summed E-state index contributed by atoms with van der Waals surface area (Å²) >= 11 is 1.80. The molecule has 1 aromatic heterocycles. The van der Waals surface area contributed by atoms with Gasteiger partial charge in [0.05, 0.1) is 24.4 Å². The predicted octanol–water partition coefficient (Wildman–Crippen LogP) is 3.78. The number of methoxy groups -OCH3 is 1. The predicted molar refractivity (Wildman–Crippen MR) is 96.7 cm³/mol. The van der Waals surface area contributed by atoms with Gasteiger partial charge in [-0.2, -0.15) is 0 Å². The van der Waals surface area contributed by atoms with Crippen LogP contribution in [0.25, 0.3) is 5.70 Å². The molecule has 2 atom stereocenters. The summed E-state index contributed by atoms with van der Waals surface area (Å²) in [5.74, 6) is 0. The van der Waals surface area contributed by atoms with Crippen LogP contribution in [0.15, 0.2) is 16.5 Å². The number of thioether (sulfide) groups is 1. The van der Waals surface area contributed by atoms with Gasteiger partial charge in [0.25, 0.3) is 0 Å². The Balaban J connectivity index is 1.65. The second-order valence-electron chi connectivity index (χ2n) is 6.75. The van der Waals surface area contributed by atoms with E-state index in [0.717, 1.165) is 13.2 Å². The van der Waals surface area contributed by atoms with Gasteiger partial charge >= 0.3 is 0 Å². The topological polar surface area (TPSA) is 29.8 Å². The SMILES string of the molecule is COCCn1c(C)cc(C2=CSC3=N[C@@H]4CCCC[C@H]4N23)c1C. The minimum Gasteiger partial charge on any atom is -0.383 e. The van der Waals surface area contributed by atoms with Crippen molar-refractivity contribution in [3.8, 4) is 0 Å². The van der Waals surface area contributed by atoms with Crippen molar-refractivity contribution in [1.82, 2.24) is 9.47 Å². The number of aromatic nitrogens is 1. The Morgan fingerprint density at radius 2 is 2.13 bits per heavy atom. The maximum Gasteiger partial charge on any atom is 0.168 e. The maximum absolute atomic E-state index is 5.26. The molecule has 0 saturated heterocycles. The van der Waals surface area contributed by atoms with E-state index in [1.54, 1.807) is 18.9 Å². The summed E-state index contributed by atoms with van der Waals surface area (Å²) in [6.45, 7) is 6.09. The molecule has 3 heterocycles. The van der Waals surface area contributed by atoms with Gasteiger partial charge in [0.2, 0.25) is 0 Å². The molecule has 1 fully saturated rings. The summed E-state index contributed by atoms with van der Waals surface area (Å²) in [6.07, 6.45) is 5.20. The van der Waals surface area contributed by atoms with Crippen LogP contribution in [0.1, 0.15) is 42.6 Å². The third-order valence-corrected chi connectivity index (χ3v) is 6.27. The van der Waals surface area contributed by atoms with E-state index in [1.165, 1.54) is 53.5 Å². The van der Waals surface area contributed by atoms with E-state index in [2.05, 4.69) is 34.8 Å². The Labute approximate surface area is 142 Å². The Morgan fingerprint density at radius 1 is 1.30 bits per heavy atom. The normalized spacial score (nSPS) is 26.1. The van der Waals surface area contributed by atoms with E-state index < -0.39 is 0 Å². The van der Waals surface area contributed by atoms with Crippen molar-refractivity contribution in [2.24, 2.45) is 4.99 Å². The Morgan fingerprint density at radius 3 is 2.96 bits per heavy atom. The van der Waals surface area contributed by atoms with Crippen LogP contribution in [0.2, 0.25) is 0 Å². The summed E-state index contributed by atoms with van der Waals surface area (Å²) in [5.41, 5.74) is 5.37. The van der Waals surface area contributed by atoms with Crippen LogP contribution >= 0.6 is 11.8 Å². The number of hydrogen-bond donors (Lipinski definition) is 0. The maximum atomic E-state index is 5.26. The largest absolute Gasteiger partial charge is 0.383 e. The van der Waals surface area contributed by atoms with Gasteiger partial charge in [-0.15, -0.1) is 0 Å². The first-order chi connectivity index (χ1) is 11.2. The van der Waals surface area contributed by atoms with Crippen LogP contribution in [0.3, 0.4) is 0 Å². The molecule has 0 radical (unpaired) electrons. The summed E-state index contributed by atoms with van der Waals surface area (Å²) in [7, 11) is 1.77. The Hall–Kier alpha value is -1.20. The van der Waals surface area contributed by atoms with E-state index in [1.807, 2.05) is 0 Å². The molecule has 0 unspecified atom stereocenters. The van der Waals surface area contributed by atoms with Crippen molar-refractivity contribution in [3.63, 3.8) is 0 Å². The number of nitrogens with zero attached hydrogens (tertiary/aromatic N) is 3. The lowest BCUT2D eigenvalue weighted by atomic mass is 9.90. The van der Waals surface area contributed by atoms with Gasteiger partial charge in [-0.3, -0.25) is 4.99 Å². The molecule has 2 aliphatic heterocycles. The van der Waals surface area contributed by atoms with Gasteiger partial charge in [0.15, 0.2) is 5.17 Å². The first-order valence-electron chi connectivity index (χ1n) is 8.60. The standard InChI is InChI=1S/C18H25N3OS/c1-12-10-14(13(2)20(12)8-9-22-3)17-11-23-18-19-15-6-4-5-7-16(15)21(17)18/h10-11,15-16H,4-9H2,1-3H3/t15-,16-/m1/s1. The summed E-state index contributed by atoms with van der Waals surface area (Å²) in [6, 6.07) is 3.44. The number of rotatable bonds is 4. The highest BCUT2D eigenvalue weighted by Crippen LogP contribution is 2.44. The molecule has 1 aliphatic carbocycles. The molecule has 4 rings (SSSR count). The highest BCUT2D eigenvalue weighted by molar-refractivity contribution is 8.16. The molecule has 0 aromatic carbocycles. The Kier molecular flexibility index (Phi) is 4.01. The summed E-state index contributed by atoms with van der Waals surface area (Å²) in [4.78, 5) is 7.51. The molecular weight excluding hydrogens is 306 g/mol. The van der Waals surface area contributed by atoms with Crippen LogP contribution in [0.4, 0.5) is 0 Å². The smallest absolute Gasteiger partial charge is 0.168 e. The average Bonchev–Trinajstić information content (AvgIpc) is 3.18. The molecular formula is C18H25N3OS. The molecule has 124 valence electrons. The molecule has 23 heavy (non-hydrogen) atoms. The second kappa shape index (κ2) is 6.02. The minimum absolute atomic E-state index is 0.520. The molecule has 4 nitrogen and oxygen atoms in total. The van der Waals surface area contributed by atoms with E-state index in [0.29, 0.717) is 12.1 Å². The summed E-state index contributed by atoms with van der Waals surface area (Å²) < 4.78 is 7.63. The zero-order valence-electron chi connectivity index (χ0n) is 14.2. The number of hydrogen-bond acceptors (Lipinski definition) is 4. The first kappa shape index (κ1) is 15.3. The van der Waals surface area contributed by atoms with Crippen LogP contribution in [0.5, 0.6) is 0 Å². The van der Waals surface area contributed by atoms with Crippen molar-refractivity contribution < 1.29 is 4.74 Å². The molecule has 0 amide bonds. The van der Waals surface area contributed by atoms with Crippen molar-refractivity contribution in [2.45, 2.75) is 58.2 Å². The zero-order valence-corrected chi connectivity index (χ0v) is 15.0. The highest BCUT2D eigenvalue weighted by atomic mass is 32.2. The van der Waals surface area contributed by atoms with Crippen molar-refractivity contribution in [2.75, 3.05) is 13.7 Å². The van der Waals surface area contributed by atoms with Crippen LogP contribution in [-0.2, 0) is 11.3 Å². The monoisotopic (exact) mass is 331 g/mol. The molecule has 3 aliphatic rings. The lowest BCUT2D eigenvalue weighted by molar-refractivity contribution is 0.186. The fourth-order valence-electron chi connectivity index (χ4n) is 4.20. The van der Waals surface area contributed by atoms with Gasteiger partial charge < -0.3 is 14.2 Å². The van der Waals surface area contributed by atoms with E-state index in [4.69, 9.17) is 9.73 Å². The minimum atomic E-state index is 0.520. The molecule has 0 bridgehead atoms. The lowest BCUT2D eigenvalue weighted by Crippen LogP contribution is -2.38. The fourth-order valence-corrected chi connectivity index (χ4v) is 5.21. The van der Waals surface area contributed by atoms with Gasteiger partial charge in [0, 0.05) is 36.0 Å².